The number of aliphatic carboxylic acids is 1. The number of nitrogens with one attached hydrogen (secondary N) is 1. The smallest absolute Gasteiger partial charge is 0.308 e. The average Bonchev–Trinajstić information content (AvgIpc) is 2.63. The predicted molar refractivity (Wildman–Crippen MR) is 63.9 cm³/mol. The fourth-order valence-corrected chi connectivity index (χ4v) is 2.38. The van der Waals surface area contributed by atoms with Gasteiger partial charge in [0.05, 0.1) is 5.92 Å². The lowest BCUT2D eigenvalue weighted by molar-refractivity contribution is -0.141. The Bertz CT molecular complexity index is 414. The van der Waals surface area contributed by atoms with Crippen LogP contribution in [0.2, 0.25) is 0 Å². The molecule has 1 aliphatic carbocycles. The molecular weight excluding hydrogens is 218 g/mol. The van der Waals surface area contributed by atoms with Crippen LogP contribution in [0.25, 0.3) is 0 Å². The van der Waals surface area contributed by atoms with E-state index in [-0.39, 0.29) is 12.0 Å². The number of anilines is 1. The molecule has 2 rings (SSSR count). The van der Waals surface area contributed by atoms with Crippen molar-refractivity contribution in [1.82, 2.24) is 9.97 Å². The largest absolute Gasteiger partial charge is 0.481 e. The number of nitrogens with zero attached hydrogens (tertiary/aromatic N) is 2. The summed E-state index contributed by atoms with van der Waals surface area (Å²) in [6.07, 6.45) is 2.55. The summed E-state index contributed by atoms with van der Waals surface area (Å²) in [4.78, 5) is 19.6. The number of carbonyl (C=O) groups is 1. The number of aromatic nitrogens is 2. The first-order chi connectivity index (χ1) is 8.06. The van der Waals surface area contributed by atoms with Crippen LogP contribution in [0.15, 0.2) is 6.07 Å². The maximum absolute atomic E-state index is 11.1. The average molecular weight is 235 g/mol. The molecule has 1 aliphatic rings. The third-order valence-electron chi connectivity index (χ3n) is 3.13. The zero-order valence-electron chi connectivity index (χ0n) is 10.1. The Kier molecular flexibility index (Phi) is 3.26. The first-order valence-electron chi connectivity index (χ1n) is 5.88. The Morgan fingerprint density at radius 2 is 2.00 bits per heavy atom. The number of hydrogen-bond donors (Lipinski definition) is 2. The highest BCUT2D eigenvalue weighted by atomic mass is 16.4. The van der Waals surface area contributed by atoms with E-state index in [9.17, 15) is 4.79 Å². The van der Waals surface area contributed by atoms with E-state index in [4.69, 9.17) is 5.11 Å². The summed E-state index contributed by atoms with van der Waals surface area (Å²) in [6.45, 7) is 3.81. The van der Waals surface area contributed by atoms with E-state index in [0.717, 1.165) is 30.7 Å². The van der Waals surface area contributed by atoms with Crippen molar-refractivity contribution in [2.45, 2.75) is 39.2 Å². The highest BCUT2D eigenvalue weighted by Gasteiger charge is 2.33. The van der Waals surface area contributed by atoms with Gasteiger partial charge in [-0.2, -0.15) is 0 Å². The standard InChI is InChI=1S/C12H17N3O2/c1-7-6-8(2)14-12(13-7)15-10-5-3-4-9(10)11(16)17/h6,9-10H,3-5H2,1-2H3,(H,16,17)(H,13,14,15). The molecule has 2 N–H and O–H groups in total. The summed E-state index contributed by atoms with van der Waals surface area (Å²) in [5, 5.41) is 12.2. The van der Waals surface area contributed by atoms with Crippen molar-refractivity contribution >= 4 is 11.9 Å². The van der Waals surface area contributed by atoms with Crippen molar-refractivity contribution in [2.24, 2.45) is 5.92 Å². The Morgan fingerprint density at radius 1 is 1.35 bits per heavy atom. The van der Waals surface area contributed by atoms with Gasteiger partial charge in [0, 0.05) is 17.4 Å². The molecule has 17 heavy (non-hydrogen) atoms. The lowest BCUT2D eigenvalue weighted by atomic mass is 10.0. The lowest BCUT2D eigenvalue weighted by Crippen LogP contribution is -2.30. The van der Waals surface area contributed by atoms with Crippen LogP contribution >= 0.6 is 0 Å². The first kappa shape index (κ1) is 11.8. The molecule has 5 heteroatoms. The molecule has 0 aromatic carbocycles. The molecule has 92 valence electrons. The number of carboxylic acids is 1. The first-order valence-corrected chi connectivity index (χ1v) is 5.88. The third kappa shape index (κ3) is 2.72. The van der Waals surface area contributed by atoms with E-state index < -0.39 is 5.97 Å². The monoisotopic (exact) mass is 235 g/mol. The van der Waals surface area contributed by atoms with Crippen molar-refractivity contribution < 1.29 is 9.90 Å². The second-order valence-electron chi connectivity index (χ2n) is 4.60. The minimum Gasteiger partial charge on any atom is -0.481 e. The van der Waals surface area contributed by atoms with Crippen LogP contribution in [0.4, 0.5) is 5.95 Å². The van der Waals surface area contributed by atoms with Crippen LogP contribution in [0, 0.1) is 19.8 Å². The second kappa shape index (κ2) is 4.69. The van der Waals surface area contributed by atoms with E-state index >= 15 is 0 Å². The molecule has 1 saturated carbocycles. The van der Waals surface area contributed by atoms with E-state index in [1.54, 1.807) is 0 Å². The van der Waals surface area contributed by atoms with Crippen LogP contribution in [0.1, 0.15) is 30.7 Å². The minimum absolute atomic E-state index is 0.0475. The zero-order chi connectivity index (χ0) is 12.4. The van der Waals surface area contributed by atoms with Crippen LogP contribution in [-0.2, 0) is 4.79 Å². The molecule has 2 atom stereocenters. The molecule has 0 bridgehead atoms. The molecule has 1 aromatic rings. The van der Waals surface area contributed by atoms with E-state index in [0.29, 0.717) is 5.95 Å². The molecule has 2 unspecified atom stereocenters. The Labute approximate surface area is 100 Å². The van der Waals surface area contributed by atoms with Crippen molar-refractivity contribution in [3.8, 4) is 0 Å². The van der Waals surface area contributed by atoms with E-state index in [2.05, 4.69) is 15.3 Å². The zero-order valence-corrected chi connectivity index (χ0v) is 10.1. The van der Waals surface area contributed by atoms with Crippen molar-refractivity contribution in [3.63, 3.8) is 0 Å². The van der Waals surface area contributed by atoms with Crippen LogP contribution in [0.5, 0.6) is 0 Å². The summed E-state index contributed by atoms with van der Waals surface area (Å²) in [7, 11) is 0. The highest BCUT2D eigenvalue weighted by Crippen LogP contribution is 2.28. The summed E-state index contributed by atoms with van der Waals surface area (Å²) >= 11 is 0. The van der Waals surface area contributed by atoms with Gasteiger partial charge >= 0.3 is 5.97 Å². The van der Waals surface area contributed by atoms with E-state index in [1.807, 2.05) is 19.9 Å². The van der Waals surface area contributed by atoms with Gasteiger partial charge in [-0.15, -0.1) is 0 Å². The van der Waals surface area contributed by atoms with Gasteiger partial charge < -0.3 is 10.4 Å². The van der Waals surface area contributed by atoms with Gasteiger partial charge in [0.15, 0.2) is 0 Å². The third-order valence-corrected chi connectivity index (χ3v) is 3.13. The normalized spacial score (nSPS) is 23.6. The van der Waals surface area contributed by atoms with Gasteiger partial charge in [-0.3, -0.25) is 4.79 Å². The van der Waals surface area contributed by atoms with Crippen molar-refractivity contribution in [1.29, 1.82) is 0 Å². The summed E-state index contributed by atoms with van der Waals surface area (Å²) in [6, 6.07) is 1.85. The second-order valence-corrected chi connectivity index (χ2v) is 4.60. The molecule has 5 nitrogen and oxygen atoms in total. The van der Waals surface area contributed by atoms with Crippen molar-refractivity contribution in [3.05, 3.63) is 17.5 Å². The van der Waals surface area contributed by atoms with Crippen LogP contribution in [0.3, 0.4) is 0 Å². The molecule has 1 heterocycles. The van der Waals surface area contributed by atoms with Gasteiger partial charge in [-0.1, -0.05) is 6.42 Å². The molecule has 1 aromatic heterocycles. The lowest BCUT2D eigenvalue weighted by Gasteiger charge is -2.17. The maximum Gasteiger partial charge on any atom is 0.308 e. The van der Waals surface area contributed by atoms with Crippen LogP contribution < -0.4 is 5.32 Å². The fraction of sp³-hybridized carbons (Fsp3) is 0.583. The summed E-state index contributed by atoms with van der Waals surface area (Å²) in [5.41, 5.74) is 1.79. The fourth-order valence-electron chi connectivity index (χ4n) is 2.38. The molecule has 0 saturated heterocycles. The van der Waals surface area contributed by atoms with Crippen molar-refractivity contribution in [2.75, 3.05) is 5.32 Å². The molecule has 0 spiro atoms. The summed E-state index contributed by atoms with van der Waals surface area (Å²) in [5.74, 6) is -0.510. The quantitative estimate of drug-likeness (QED) is 0.835. The summed E-state index contributed by atoms with van der Waals surface area (Å²) < 4.78 is 0. The number of rotatable bonds is 3. The number of carboxylic acid groups (broad SMARTS) is 1. The van der Waals surface area contributed by atoms with Gasteiger partial charge in [-0.25, -0.2) is 9.97 Å². The van der Waals surface area contributed by atoms with Gasteiger partial charge in [-0.05, 0) is 32.8 Å². The Morgan fingerprint density at radius 3 is 2.59 bits per heavy atom. The molecule has 0 radical (unpaired) electrons. The predicted octanol–water partition coefficient (Wildman–Crippen LogP) is 1.76. The molecule has 1 fully saturated rings. The molecule has 0 amide bonds. The maximum atomic E-state index is 11.1. The number of hydrogen-bond acceptors (Lipinski definition) is 4. The van der Waals surface area contributed by atoms with Gasteiger partial charge in [0.1, 0.15) is 0 Å². The topological polar surface area (TPSA) is 75.1 Å². The minimum atomic E-state index is -0.732. The van der Waals surface area contributed by atoms with Crippen LogP contribution in [-0.4, -0.2) is 27.1 Å². The van der Waals surface area contributed by atoms with E-state index in [1.165, 1.54) is 0 Å². The molecular formula is C12H17N3O2. The highest BCUT2D eigenvalue weighted by molar-refractivity contribution is 5.72. The molecule has 0 aliphatic heterocycles. The van der Waals surface area contributed by atoms with Gasteiger partial charge in [0.25, 0.3) is 0 Å². The van der Waals surface area contributed by atoms with Gasteiger partial charge in [0.2, 0.25) is 5.95 Å². The number of aryl methyl sites for hydroxylation is 2. The Balaban J connectivity index is 2.12. The SMILES string of the molecule is Cc1cc(C)nc(NC2CCCC2C(=O)O)n1. The Hall–Kier alpha value is -1.65.